The first-order valence-corrected chi connectivity index (χ1v) is 4.81. The maximum Gasteiger partial charge on any atom is 0.260 e. The van der Waals surface area contributed by atoms with E-state index in [1.165, 1.54) is 11.4 Å². The van der Waals surface area contributed by atoms with Crippen LogP contribution in [0.4, 0.5) is 0 Å². The van der Waals surface area contributed by atoms with E-state index < -0.39 is 0 Å². The third-order valence-corrected chi connectivity index (χ3v) is 2.53. The molecule has 0 bridgehead atoms. The highest BCUT2D eigenvalue weighted by Crippen LogP contribution is 2.04. The number of aryl methyl sites for hydroxylation is 2. The van der Waals surface area contributed by atoms with Gasteiger partial charge in [0.2, 0.25) is 0 Å². The predicted molar refractivity (Wildman–Crippen MR) is 55.8 cm³/mol. The second kappa shape index (κ2) is 3.66. The van der Waals surface area contributed by atoms with Gasteiger partial charge in [-0.25, -0.2) is 9.13 Å². The number of nitrogens with zero attached hydrogens (tertiary/aromatic N) is 2. The van der Waals surface area contributed by atoms with Gasteiger partial charge in [-0.3, -0.25) is 0 Å². The van der Waals surface area contributed by atoms with Crippen LogP contribution in [-0.2, 0) is 20.5 Å². The molecule has 0 spiro atoms. The molecule has 0 N–H and O–H groups in total. The van der Waals surface area contributed by atoms with E-state index in [-0.39, 0.29) is 0 Å². The molecule has 14 heavy (non-hydrogen) atoms. The molecule has 0 aliphatic heterocycles. The van der Waals surface area contributed by atoms with Gasteiger partial charge in [0.05, 0.1) is 20.5 Å². The van der Waals surface area contributed by atoms with Crippen LogP contribution >= 0.6 is 0 Å². The third-order valence-electron chi connectivity index (χ3n) is 2.53. The smallest absolute Gasteiger partial charge is 0.237 e. The first kappa shape index (κ1) is 9.00. The standard InChI is InChI=1S/C12H15N2/c1-13-8-9-14(2)12(13)10-11-6-4-3-5-7-11/h3-9H,10H2,1-2H3/q+1. The van der Waals surface area contributed by atoms with Crippen LogP contribution in [0.15, 0.2) is 42.7 Å². The maximum atomic E-state index is 2.16. The summed E-state index contributed by atoms with van der Waals surface area (Å²) >= 11 is 0. The van der Waals surface area contributed by atoms with E-state index >= 15 is 0 Å². The van der Waals surface area contributed by atoms with Crippen LogP contribution < -0.4 is 4.57 Å². The second-order valence-electron chi connectivity index (χ2n) is 3.60. The molecule has 1 aromatic carbocycles. The summed E-state index contributed by atoms with van der Waals surface area (Å²) < 4.78 is 4.32. The molecule has 0 saturated carbocycles. The summed E-state index contributed by atoms with van der Waals surface area (Å²) in [7, 11) is 4.16. The Labute approximate surface area is 84.4 Å². The van der Waals surface area contributed by atoms with E-state index in [0.29, 0.717) is 0 Å². The molecular weight excluding hydrogens is 172 g/mol. The predicted octanol–water partition coefficient (Wildman–Crippen LogP) is 1.44. The van der Waals surface area contributed by atoms with Gasteiger partial charge >= 0.3 is 0 Å². The molecule has 0 saturated heterocycles. The minimum absolute atomic E-state index is 0.987. The van der Waals surface area contributed by atoms with E-state index in [9.17, 15) is 0 Å². The summed E-state index contributed by atoms with van der Waals surface area (Å²) in [6.07, 6.45) is 5.15. The van der Waals surface area contributed by atoms with Gasteiger partial charge in [0.25, 0.3) is 5.82 Å². The van der Waals surface area contributed by atoms with E-state index in [4.69, 9.17) is 0 Å². The second-order valence-corrected chi connectivity index (χ2v) is 3.60. The van der Waals surface area contributed by atoms with Crippen molar-refractivity contribution in [2.75, 3.05) is 0 Å². The van der Waals surface area contributed by atoms with E-state index in [1.54, 1.807) is 0 Å². The molecular formula is C12H15N2+. The van der Waals surface area contributed by atoms with Gasteiger partial charge in [0, 0.05) is 0 Å². The zero-order chi connectivity index (χ0) is 9.97. The van der Waals surface area contributed by atoms with Crippen molar-refractivity contribution in [2.45, 2.75) is 6.42 Å². The lowest BCUT2D eigenvalue weighted by Gasteiger charge is -1.98. The highest BCUT2D eigenvalue weighted by molar-refractivity contribution is 5.17. The van der Waals surface area contributed by atoms with Crippen LogP contribution in [0.25, 0.3) is 0 Å². The number of hydrogen-bond donors (Lipinski definition) is 0. The van der Waals surface area contributed by atoms with Crippen LogP contribution in [0, 0.1) is 0 Å². The summed E-state index contributed by atoms with van der Waals surface area (Å²) in [6.45, 7) is 0. The lowest BCUT2D eigenvalue weighted by molar-refractivity contribution is -0.678. The van der Waals surface area contributed by atoms with Crippen molar-refractivity contribution in [3.63, 3.8) is 0 Å². The van der Waals surface area contributed by atoms with E-state index in [2.05, 4.69) is 66.0 Å². The molecule has 1 aromatic heterocycles. The lowest BCUT2D eigenvalue weighted by Crippen LogP contribution is -2.31. The fourth-order valence-electron chi connectivity index (χ4n) is 1.65. The Hall–Kier alpha value is -1.57. The fourth-order valence-corrected chi connectivity index (χ4v) is 1.65. The van der Waals surface area contributed by atoms with Crippen molar-refractivity contribution in [3.05, 3.63) is 54.1 Å². The molecule has 0 amide bonds. The summed E-state index contributed by atoms with van der Waals surface area (Å²) in [5.41, 5.74) is 1.35. The Morgan fingerprint density at radius 1 is 1.21 bits per heavy atom. The SMILES string of the molecule is Cn1cc[n+](C)c1Cc1ccccc1. The molecule has 2 aromatic rings. The van der Waals surface area contributed by atoms with E-state index in [0.717, 1.165) is 6.42 Å². The quantitative estimate of drug-likeness (QED) is 0.629. The number of aromatic nitrogens is 2. The molecule has 2 rings (SSSR count). The summed E-state index contributed by atoms with van der Waals surface area (Å²) in [5, 5.41) is 0. The lowest BCUT2D eigenvalue weighted by atomic mass is 10.1. The molecule has 0 radical (unpaired) electrons. The van der Waals surface area contributed by atoms with Gasteiger partial charge in [-0.1, -0.05) is 30.3 Å². The average Bonchev–Trinajstić information content (AvgIpc) is 2.51. The normalized spacial score (nSPS) is 10.4. The fraction of sp³-hybridized carbons (Fsp3) is 0.250. The topological polar surface area (TPSA) is 8.81 Å². The van der Waals surface area contributed by atoms with Gasteiger partial charge in [0.1, 0.15) is 12.4 Å². The van der Waals surface area contributed by atoms with Crippen LogP contribution in [0.3, 0.4) is 0 Å². The van der Waals surface area contributed by atoms with Crippen LogP contribution in [0.1, 0.15) is 11.4 Å². The highest BCUT2D eigenvalue weighted by Gasteiger charge is 2.10. The number of benzene rings is 1. The highest BCUT2D eigenvalue weighted by atomic mass is 15.1. The number of rotatable bonds is 2. The third kappa shape index (κ3) is 1.69. The Kier molecular flexibility index (Phi) is 2.35. The molecule has 0 unspecified atom stereocenters. The minimum Gasteiger partial charge on any atom is -0.237 e. The first-order chi connectivity index (χ1) is 6.77. The summed E-state index contributed by atoms with van der Waals surface area (Å²) in [4.78, 5) is 0. The van der Waals surface area contributed by atoms with Gasteiger partial charge < -0.3 is 0 Å². The zero-order valence-electron chi connectivity index (χ0n) is 8.64. The Morgan fingerprint density at radius 3 is 2.50 bits per heavy atom. The Morgan fingerprint density at radius 2 is 1.93 bits per heavy atom. The van der Waals surface area contributed by atoms with Crippen molar-refractivity contribution in [1.82, 2.24) is 4.57 Å². The average molecular weight is 187 g/mol. The summed E-state index contributed by atoms with van der Waals surface area (Å²) in [5.74, 6) is 1.32. The van der Waals surface area contributed by atoms with Gasteiger partial charge in [-0.15, -0.1) is 0 Å². The largest absolute Gasteiger partial charge is 0.260 e. The number of hydrogen-bond acceptors (Lipinski definition) is 0. The van der Waals surface area contributed by atoms with Crippen molar-refractivity contribution in [3.8, 4) is 0 Å². The molecule has 0 aliphatic carbocycles. The van der Waals surface area contributed by atoms with E-state index in [1.807, 2.05) is 0 Å². The van der Waals surface area contributed by atoms with Gasteiger partial charge in [0.15, 0.2) is 0 Å². The van der Waals surface area contributed by atoms with Gasteiger partial charge in [-0.2, -0.15) is 0 Å². The molecule has 2 nitrogen and oxygen atoms in total. The van der Waals surface area contributed by atoms with Crippen LogP contribution in [0.5, 0.6) is 0 Å². The zero-order valence-corrected chi connectivity index (χ0v) is 8.64. The molecule has 72 valence electrons. The first-order valence-electron chi connectivity index (χ1n) is 4.81. The number of imidazole rings is 1. The maximum absolute atomic E-state index is 2.16. The molecule has 0 aliphatic rings. The van der Waals surface area contributed by atoms with Crippen molar-refractivity contribution >= 4 is 0 Å². The molecule has 0 fully saturated rings. The minimum atomic E-state index is 0.987. The van der Waals surface area contributed by atoms with Crippen molar-refractivity contribution < 1.29 is 4.57 Å². The van der Waals surface area contributed by atoms with Crippen molar-refractivity contribution in [2.24, 2.45) is 14.1 Å². The van der Waals surface area contributed by atoms with Crippen molar-refractivity contribution in [1.29, 1.82) is 0 Å². The van der Waals surface area contributed by atoms with Gasteiger partial charge in [-0.05, 0) is 5.56 Å². The molecule has 2 heteroatoms. The van der Waals surface area contributed by atoms with Crippen LogP contribution in [0.2, 0.25) is 0 Å². The Balaban J connectivity index is 2.27. The molecule has 1 heterocycles. The molecule has 0 atom stereocenters. The monoisotopic (exact) mass is 187 g/mol. The summed E-state index contributed by atoms with van der Waals surface area (Å²) in [6, 6.07) is 10.5. The Bertz CT molecular complexity index is 396. The van der Waals surface area contributed by atoms with Crippen LogP contribution in [-0.4, -0.2) is 4.57 Å².